The zero-order chi connectivity index (χ0) is 19.5. The molecule has 1 aliphatic rings. The number of halogens is 1. The van der Waals surface area contributed by atoms with Crippen LogP contribution in [0.25, 0.3) is 0 Å². The van der Waals surface area contributed by atoms with Crippen LogP contribution in [-0.2, 0) is 11.3 Å². The topological polar surface area (TPSA) is 74.8 Å². The minimum atomic E-state index is -0.0220. The highest BCUT2D eigenvalue weighted by Gasteiger charge is 2.36. The summed E-state index contributed by atoms with van der Waals surface area (Å²) in [6.07, 6.45) is 5.80. The van der Waals surface area contributed by atoms with Crippen molar-refractivity contribution in [3.05, 3.63) is 35.4 Å². The molecule has 0 atom stereocenters. The van der Waals surface area contributed by atoms with Gasteiger partial charge >= 0.3 is 0 Å². The normalized spacial score (nSPS) is 15.2. The zero-order valence-corrected chi connectivity index (χ0v) is 19.7. The first-order valence-corrected chi connectivity index (χ1v) is 9.93. The van der Waals surface area contributed by atoms with E-state index in [1.165, 1.54) is 19.3 Å². The third-order valence-electron chi connectivity index (χ3n) is 5.29. The molecule has 0 unspecified atom stereocenters. The van der Waals surface area contributed by atoms with Gasteiger partial charge in [-0.05, 0) is 48.8 Å². The Morgan fingerprint density at radius 1 is 1.25 bits per heavy atom. The van der Waals surface area contributed by atoms with Gasteiger partial charge in [0.1, 0.15) is 0 Å². The van der Waals surface area contributed by atoms with Gasteiger partial charge in [0.05, 0.1) is 0 Å². The molecule has 1 amide bonds. The van der Waals surface area contributed by atoms with Crippen molar-refractivity contribution in [2.45, 2.75) is 45.6 Å². The summed E-state index contributed by atoms with van der Waals surface area (Å²) >= 11 is 0. The van der Waals surface area contributed by atoms with E-state index < -0.39 is 0 Å². The highest BCUT2D eigenvalue weighted by atomic mass is 127. The van der Waals surface area contributed by atoms with Gasteiger partial charge in [-0.1, -0.05) is 25.5 Å². The highest BCUT2D eigenvalue weighted by molar-refractivity contribution is 14.0. The van der Waals surface area contributed by atoms with Crippen LogP contribution in [0.2, 0.25) is 0 Å². The molecule has 0 radical (unpaired) electrons. The van der Waals surface area contributed by atoms with Crippen molar-refractivity contribution in [1.82, 2.24) is 16.0 Å². The van der Waals surface area contributed by atoms with Gasteiger partial charge in [0.15, 0.2) is 5.96 Å². The van der Waals surface area contributed by atoms with E-state index in [0.717, 1.165) is 37.5 Å². The third kappa shape index (κ3) is 7.58. The van der Waals surface area contributed by atoms with Crippen LogP contribution < -0.4 is 16.0 Å². The number of ether oxygens (including phenoxy) is 1. The smallest absolute Gasteiger partial charge is 0.251 e. The van der Waals surface area contributed by atoms with Crippen molar-refractivity contribution in [2.75, 3.05) is 33.9 Å². The average molecular weight is 502 g/mol. The summed E-state index contributed by atoms with van der Waals surface area (Å²) in [6, 6.07) is 7.71. The van der Waals surface area contributed by atoms with Crippen LogP contribution in [-0.4, -0.2) is 45.7 Å². The number of nitrogens with zero attached hydrogens (tertiary/aromatic N) is 1. The van der Waals surface area contributed by atoms with E-state index in [9.17, 15) is 4.79 Å². The number of hydrogen-bond acceptors (Lipinski definition) is 3. The fourth-order valence-electron chi connectivity index (χ4n) is 3.35. The lowest BCUT2D eigenvalue weighted by molar-refractivity contribution is 0.0732. The molecule has 1 saturated carbocycles. The quantitative estimate of drug-likeness (QED) is 0.261. The summed E-state index contributed by atoms with van der Waals surface area (Å²) in [5.74, 6) is 0.769. The highest BCUT2D eigenvalue weighted by Crippen LogP contribution is 2.43. The Kier molecular flexibility index (Phi) is 11.4. The second kappa shape index (κ2) is 13.0. The number of carbonyl (C=O) groups is 1. The molecule has 1 aromatic carbocycles. The molecule has 0 heterocycles. The van der Waals surface area contributed by atoms with Crippen molar-refractivity contribution in [3.63, 3.8) is 0 Å². The second-order valence-corrected chi connectivity index (χ2v) is 7.33. The Morgan fingerprint density at radius 3 is 2.64 bits per heavy atom. The van der Waals surface area contributed by atoms with Gasteiger partial charge in [0.25, 0.3) is 5.91 Å². The zero-order valence-electron chi connectivity index (χ0n) is 17.3. The first kappa shape index (κ1) is 24.7. The van der Waals surface area contributed by atoms with Gasteiger partial charge in [0.2, 0.25) is 0 Å². The second-order valence-electron chi connectivity index (χ2n) is 7.33. The first-order valence-electron chi connectivity index (χ1n) is 9.93. The molecule has 0 bridgehead atoms. The van der Waals surface area contributed by atoms with Crippen molar-refractivity contribution in [1.29, 1.82) is 0 Å². The molecule has 7 heteroatoms. The summed E-state index contributed by atoms with van der Waals surface area (Å²) in [5, 5.41) is 9.72. The van der Waals surface area contributed by atoms with E-state index in [1.54, 1.807) is 14.2 Å². The molecule has 2 rings (SSSR count). The van der Waals surface area contributed by atoms with Gasteiger partial charge in [-0.2, -0.15) is 0 Å². The van der Waals surface area contributed by atoms with E-state index in [-0.39, 0.29) is 29.9 Å². The Labute approximate surface area is 186 Å². The Bertz CT molecular complexity index is 633. The van der Waals surface area contributed by atoms with Crippen LogP contribution in [0.5, 0.6) is 0 Å². The number of carbonyl (C=O) groups excluding carboxylic acids is 1. The number of aliphatic imine (C=N–C) groups is 1. The van der Waals surface area contributed by atoms with Crippen LogP contribution in [0.4, 0.5) is 0 Å². The molecule has 1 aliphatic carbocycles. The summed E-state index contributed by atoms with van der Waals surface area (Å²) in [6.45, 7) is 5.08. The molecule has 1 aromatic rings. The number of hydrogen-bond donors (Lipinski definition) is 3. The number of benzene rings is 1. The monoisotopic (exact) mass is 502 g/mol. The SMILES string of the molecule is CCCNC(=O)c1cccc(CNC(=NC)NCC2(CCOC)CCC2)c1.I. The summed E-state index contributed by atoms with van der Waals surface area (Å²) < 4.78 is 5.26. The molecule has 6 nitrogen and oxygen atoms in total. The number of guanidine groups is 1. The van der Waals surface area contributed by atoms with Crippen LogP contribution in [0.3, 0.4) is 0 Å². The van der Waals surface area contributed by atoms with Crippen LogP contribution in [0.1, 0.15) is 54.9 Å². The maximum Gasteiger partial charge on any atom is 0.251 e. The number of nitrogens with one attached hydrogen (secondary N) is 3. The number of methoxy groups -OCH3 is 1. The first-order chi connectivity index (χ1) is 13.1. The van der Waals surface area contributed by atoms with Crippen molar-refractivity contribution < 1.29 is 9.53 Å². The summed E-state index contributed by atoms with van der Waals surface area (Å²) in [5.41, 5.74) is 2.09. The summed E-state index contributed by atoms with van der Waals surface area (Å²) in [7, 11) is 3.55. The standard InChI is InChI=1S/C21H34N4O2.HI/c1-4-12-23-19(26)18-8-5-7-17(14-18)15-24-20(22-2)25-16-21(9-6-10-21)11-13-27-3;/h5,7-8,14H,4,6,9-13,15-16H2,1-3H3,(H,23,26)(H2,22,24,25);1H. The maximum absolute atomic E-state index is 12.1. The lowest BCUT2D eigenvalue weighted by Crippen LogP contribution is -2.46. The lowest BCUT2D eigenvalue weighted by atomic mass is 9.67. The van der Waals surface area contributed by atoms with Crippen LogP contribution in [0.15, 0.2) is 29.3 Å². The molecule has 0 spiro atoms. The predicted octanol–water partition coefficient (Wildman–Crippen LogP) is 3.32. The van der Waals surface area contributed by atoms with Crippen LogP contribution >= 0.6 is 24.0 Å². The Morgan fingerprint density at radius 2 is 2.04 bits per heavy atom. The van der Waals surface area contributed by atoms with E-state index in [0.29, 0.717) is 24.1 Å². The Hall–Kier alpha value is -1.35. The Balaban J connectivity index is 0.00000392. The van der Waals surface area contributed by atoms with Crippen molar-refractivity contribution >= 4 is 35.8 Å². The molecule has 3 N–H and O–H groups in total. The maximum atomic E-state index is 12.1. The van der Waals surface area contributed by atoms with Crippen molar-refractivity contribution in [3.8, 4) is 0 Å². The minimum Gasteiger partial charge on any atom is -0.385 e. The lowest BCUT2D eigenvalue weighted by Gasteiger charge is -2.42. The van der Waals surface area contributed by atoms with Crippen LogP contribution in [0, 0.1) is 5.41 Å². The number of amides is 1. The number of rotatable bonds is 10. The van der Waals surface area contributed by atoms with Gasteiger partial charge in [-0.25, -0.2) is 0 Å². The minimum absolute atomic E-state index is 0. The van der Waals surface area contributed by atoms with Gasteiger partial charge in [-0.3, -0.25) is 9.79 Å². The third-order valence-corrected chi connectivity index (χ3v) is 5.29. The molecule has 1 fully saturated rings. The van der Waals surface area contributed by atoms with Gasteiger partial charge < -0.3 is 20.7 Å². The van der Waals surface area contributed by atoms with Gasteiger partial charge in [0, 0.05) is 46.0 Å². The predicted molar refractivity (Wildman–Crippen MR) is 125 cm³/mol. The largest absolute Gasteiger partial charge is 0.385 e. The fraction of sp³-hybridized carbons (Fsp3) is 0.619. The molecule has 158 valence electrons. The molecule has 28 heavy (non-hydrogen) atoms. The van der Waals surface area contributed by atoms with E-state index in [4.69, 9.17) is 4.74 Å². The molecular formula is C21H35IN4O2. The van der Waals surface area contributed by atoms with E-state index in [2.05, 4.69) is 20.9 Å². The van der Waals surface area contributed by atoms with E-state index in [1.807, 2.05) is 31.2 Å². The molecule has 0 saturated heterocycles. The molecule has 0 aliphatic heterocycles. The molecule has 0 aromatic heterocycles. The van der Waals surface area contributed by atoms with E-state index >= 15 is 0 Å². The fourth-order valence-corrected chi connectivity index (χ4v) is 3.35. The average Bonchev–Trinajstić information content (AvgIpc) is 2.67. The summed E-state index contributed by atoms with van der Waals surface area (Å²) in [4.78, 5) is 16.4. The van der Waals surface area contributed by atoms with Crippen molar-refractivity contribution in [2.24, 2.45) is 10.4 Å². The van der Waals surface area contributed by atoms with Gasteiger partial charge in [-0.15, -0.1) is 24.0 Å². The molecular weight excluding hydrogens is 467 g/mol.